The summed E-state index contributed by atoms with van der Waals surface area (Å²) >= 11 is 7.72. The van der Waals surface area contributed by atoms with Crippen molar-refractivity contribution in [3.63, 3.8) is 0 Å². The second kappa shape index (κ2) is 6.07. The van der Waals surface area contributed by atoms with Gasteiger partial charge in [-0.15, -0.1) is 0 Å². The Kier molecular flexibility index (Phi) is 5.23. The third kappa shape index (κ3) is 3.72. The Hall–Kier alpha value is -0.540. The summed E-state index contributed by atoms with van der Waals surface area (Å²) in [6.45, 7) is 1.26. The molecule has 8 heteroatoms. The molecule has 0 amide bonds. The molecule has 0 spiro atoms. The summed E-state index contributed by atoms with van der Waals surface area (Å²) in [6.07, 6.45) is 0. The lowest BCUT2D eigenvalue weighted by Crippen LogP contribution is -2.33. The van der Waals surface area contributed by atoms with Crippen molar-refractivity contribution in [2.45, 2.75) is 12.2 Å². The lowest BCUT2D eigenvalue weighted by molar-refractivity contribution is -0.139. The number of hydrogen-bond donors (Lipinski definition) is 1. The van der Waals surface area contributed by atoms with E-state index in [1.54, 1.807) is 12.1 Å². The standard InChI is InChI=1S/C10H11ClINO4S/c1-6(10(14)17-2)18(15,16)13-9-4-3-7(11)5-8(9)12/h3-6,13H,1-2H3. The fraction of sp³-hybridized carbons (Fsp3) is 0.300. The maximum atomic E-state index is 11.9. The Morgan fingerprint density at radius 1 is 1.50 bits per heavy atom. The first-order chi connectivity index (χ1) is 8.27. The number of rotatable bonds is 4. The number of halogens is 2. The van der Waals surface area contributed by atoms with E-state index >= 15 is 0 Å². The molecule has 0 fully saturated rings. The summed E-state index contributed by atoms with van der Waals surface area (Å²) in [7, 11) is -2.69. The van der Waals surface area contributed by atoms with Crippen LogP contribution in [0.25, 0.3) is 0 Å². The van der Waals surface area contributed by atoms with Gasteiger partial charge >= 0.3 is 5.97 Å². The largest absolute Gasteiger partial charge is 0.468 e. The summed E-state index contributed by atoms with van der Waals surface area (Å²) in [6, 6.07) is 4.71. The van der Waals surface area contributed by atoms with Crippen molar-refractivity contribution in [3.8, 4) is 0 Å². The number of hydrogen-bond acceptors (Lipinski definition) is 4. The third-order valence-corrected chi connectivity index (χ3v) is 4.94. The Morgan fingerprint density at radius 2 is 2.11 bits per heavy atom. The van der Waals surface area contributed by atoms with E-state index in [9.17, 15) is 13.2 Å². The molecule has 1 aromatic carbocycles. The first kappa shape index (κ1) is 15.5. The van der Waals surface area contributed by atoms with Gasteiger partial charge in [0.15, 0.2) is 5.25 Å². The van der Waals surface area contributed by atoms with Crippen molar-refractivity contribution < 1.29 is 17.9 Å². The van der Waals surface area contributed by atoms with E-state index in [0.29, 0.717) is 14.3 Å². The van der Waals surface area contributed by atoms with E-state index in [1.165, 1.54) is 13.0 Å². The van der Waals surface area contributed by atoms with Crippen molar-refractivity contribution >= 4 is 55.9 Å². The van der Waals surface area contributed by atoms with Gasteiger partial charge < -0.3 is 4.74 Å². The molecule has 1 N–H and O–H groups in total. The highest BCUT2D eigenvalue weighted by molar-refractivity contribution is 14.1. The van der Waals surface area contributed by atoms with E-state index < -0.39 is 21.2 Å². The van der Waals surface area contributed by atoms with Crippen LogP contribution in [-0.2, 0) is 19.6 Å². The molecule has 0 saturated heterocycles. The molecule has 1 rings (SSSR count). The molecule has 1 atom stereocenters. The minimum atomic E-state index is -3.83. The zero-order valence-corrected chi connectivity index (χ0v) is 13.3. The van der Waals surface area contributed by atoms with Crippen LogP contribution in [-0.4, -0.2) is 26.7 Å². The molecule has 0 aliphatic carbocycles. The molecule has 18 heavy (non-hydrogen) atoms. The van der Waals surface area contributed by atoms with Gasteiger partial charge in [-0.3, -0.25) is 9.52 Å². The van der Waals surface area contributed by atoms with Crippen molar-refractivity contribution in [2.75, 3.05) is 11.8 Å². The molecular formula is C10H11ClINO4S. The summed E-state index contributed by atoms with van der Waals surface area (Å²) in [5, 5.41) is -0.780. The first-order valence-electron chi connectivity index (χ1n) is 4.82. The molecule has 1 aromatic rings. The maximum absolute atomic E-state index is 11.9. The zero-order valence-electron chi connectivity index (χ0n) is 9.61. The van der Waals surface area contributed by atoms with Gasteiger partial charge in [0.1, 0.15) is 0 Å². The Bertz CT molecular complexity index is 561. The summed E-state index contributed by atoms with van der Waals surface area (Å²) in [4.78, 5) is 11.2. The van der Waals surface area contributed by atoms with Gasteiger partial charge in [0.2, 0.25) is 10.0 Å². The molecular weight excluding hydrogens is 393 g/mol. The van der Waals surface area contributed by atoms with Crippen molar-refractivity contribution in [1.29, 1.82) is 0 Å². The number of esters is 1. The Labute approximate surface area is 124 Å². The molecule has 0 aromatic heterocycles. The van der Waals surface area contributed by atoms with Crippen LogP contribution in [0.4, 0.5) is 5.69 Å². The van der Waals surface area contributed by atoms with Gasteiger partial charge in [-0.25, -0.2) is 8.42 Å². The summed E-state index contributed by atoms with van der Waals surface area (Å²) < 4.78 is 31.2. The van der Waals surface area contributed by atoms with E-state index in [0.717, 1.165) is 7.11 Å². The first-order valence-corrected chi connectivity index (χ1v) is 7.82. The van der Waals surface area contributed by atoms with Gasteiger partial charge in [0, 0.05) is 8.59 Å². The zero-order chi connectivity index (χ0) is 13.9. The van der Waals surface area contributed by atoms with Gasteiger partial charge in [-0.05, 0) is 47.7 Å². The van der Waals surface area contributed by atoms with Crippen molar-refractivity contribution in [2.24, 2.45) is 0 Å². The average molecular weight is 404 g/mol. The Morgan fingerprint density at radius 3 is 2.61 bits per heavy atom. The molecule has 0 bridgehead atoms. The number of anilines is 1. The highest BCUT2D eigenvalue weighted by Crippen LogP contribution is 2.24. The van der Waals surface area contributed by atoms with Crippen LogP contribution in [0.15, 0.2) is 18.2 Å². The van der Waals surface area contributed by atoms with Crippen LogP contribution in [0.5, 0.6) is 0 Å². The summed E-state index contributed by atoms with van der Waals surface area (Å²) in [5.41, 5.74) is 0.371. The number of benzene rings is 1. The SMILES string of the molecule is COC(=O)C(C)S(=O)(=O)Nc1ccc(Cl)cc1I. The molecule has 100 valence electrons. The minimum absolute atomic E-state index is 0.371. The Balaban J connectivity index is 2.99. The number of ether oxygens (including phenoxy) is 1. The predicted molar refractivity (Wildman–Crippen MR) is 78.2 cm³/mol. The number of methoxy groups -OCH3 is 1. The normalized spacial score (nSPS) is 12.9. The summed E-state index contributed by atoms with van der Waals surface area (Å²) in [5.74, 6) is -0.813. The highest BCUT2D eigenvalue weighted by atomic mass is 127. The monoisotopic (exact) mass is 403 g/mol. The minimum Gasteiger partial charge on any atom is -0.468 e. The molecule has 5 nitrogen and oxygen atoms in total. The molecule has 0 aliphatic heterocycles. The quantitative estimate of drug-likeness (QED) is 0.618. The van der Waals surface area contributed by atoms with Crippen LogP contribution >= 0.6 is 34.2 Å². The van der Waals surface area contributed by atoms with Crippen LogP contribution in [0.3, 0.4) is 0 Å². The van der Waals surface area contributed by atoms with Gasteiger partial charge in [0.25, 0.3) is 0 Å². The number of carbonyl (C=O) groups is 1. The molecule has 0 saturated carbocycles. The highest BCUT2D eigenvalue weighted by Gasteiger charge is 2.29. The van der Waals surface area contributed by atoms with E-state index in [-0.39, 0.29) is 0 Å². The molecule has 0 aliphatic rings. The lowest BCUT2D eigenvalue weighted by Gasteiger charge is -2.14. The van der Waals surface area contributed by atoms with Crippen LogP contribution in [0.1, 0.15) is 6.92 Å². The fourth-order valence-electron chi connectivity index (χ4n) is 1.11. The predicted octanol–water partition coefficient (Wildman–Crippen LogP) is 2.25. The van der Waals surface area contributed by atoms with Crippen molar-refractivity contribution in [3.05, 3.63) is 26.8 Å². The number of carbonyl (C=O) groups excluding carboxylic acids is 1. The molecule has 1 unspecified atom stereocenters. The van der Waals surface area contributed by atoms with Crippen LogP contribution in [0.2, 0.25) is 5.02 Å². The van der Waals surface area contributed by atoms with Crippen LogP contribution in [0, 0.1) is 3.57 Å². The van der Waals surface area contributed by atoms with E-state index in [4.69, 9.17) is 11.6 Å². The number of nitrogens with one attached hydrogen (secondary N) is 1. The molecule has 0 radical (unpaired) electrons. The molecule has 0 heterocycles. The van der Waals surface area contributed by atoms with Gasteiger partial charge in [-0.2, -0.15) is 0 Å². The van der Waals surface area contributed by atoms with Gasteiger partial charge in [0.05, 0.1) is 12.8 Å². The third-order valence-electron chi connectivity index (χ3n) is 2.18. The van der Waals surface area contributed by atoms with E-state index in [1.807, 2.05) is 22.6 Å². The second-order valence-corrected chi connectivity index (χ2v) is 7.04. The second-order valence-electron chi connectivity index (χ2n) is 3.44. The van der Waals surface area contributed by atoms with Crippen LogP contribution < -0.4 is 4.72 Å². The van der Waals surface area contributed by atoms with Crippen molar-refractivity contribution in [1.82, 2.24) is 0 Å². The number of sulfonamides is 1. The van der Waals surface area contributed by atoms with E-state index in [2.05, 4.69) is 9.46 Å². The topological polar surface area (TPSA) is 72.5 Å². The smallest absolute Gasteiger partial charge is 0.325 e. The maximum Gasteiger partial charge on any atom is 0.325 e. The van der Waals surface area contributed by atoms with Gasteiger partial charge in [-0.1, -0.05) is 11.6 Å². The lowest BCUT2D eigenvalue weighted by atomic mass is 10.3. The average Bonchev–Trinajstić information content (AvgIpc) is 2.30. The fourth-order valence-corrected chi connectivity index (χ4v) is 3.31.